The minimum absolute atomic E-state index is 0.432. The average molecular weight is 323 g/mol. The van der Waals surface area contributed by atoms with Crippen LogP contribution in [0.5, 0.6) is 11.9 Å². The number of aryl methyl sites for hydroxylation is 1. The molecule has 0 unspecified atom stereocenters. The molecule has 0 fully saturated rings. The van der Waals surface area contributed by atoms with Gasteiger partial charge in [0, 0.05) is 13.2 Å². The zero-order chi connectivity index (χ0) is 16.7. The second-order valence-electron chi connectivity index (χ2n) is 5.51. The molecule has 0 saturated heterocycles. The molecule has 122 valence electrons. The van der Waals surface area contributed by atoms with Crippen molar-refractivity contribution in [1.29, 1.82) is 0 Å². The summed E-state index contributed by atoms with van der Waals surface area (Å²) < 4.78 is 12.5. The summed E-state index contributed by atoms with van der Waals surface area (Å²) in [4.78, 5) is 15.5. The maximum absolute atomic E-state index is 5.41. The lowest BCUT2D eigenvalue weighted by molar-refractivity contribution is 0.367. The topological polar surface area (TPSA) is 65.3 Å². The Kier molecular flexibility index (Phi) is 3.34. The average Bonchev–Trinajstić information content (AvgIpc) is 2.96. The van der Waals surface area contributed by atoms with Gasteiger partial charge in [0.2, 0.25) is 11.8 Å². The van der Waals surface area contributed by atoms with Gasteiger partial charge in [-0.05, 0) is 17.2 Å². The van der Waals surface area contributed by atoms with E-state index in [4.69, 9.17) is 9.47 Å². The molecular weight excluding hydrogens is 306 g/mol. The molecule has 3 aromatic rings. The molecular formula is C17H17N5O2. The molecule has 0 atom stereocenters. The molecule has 4 rings (SSSR count). The quantitative estimate of drug-likeness (QED) is 0.737. The molecule has 1 aliphatic rings. The van der Waals surface area contributed by atoms with Crippen LogP contribution >= 0.6 is 0 Å². The molecule has 1 aliphatic heterocycles. The molecule has 0 bridgehead atoms. The molecule has 0 N–H and O–H groups in total. The van der Waals surface area contributed by atoms with Crippen molar-refractivity contribution >= 4 is 23.2 Å². The smallest absolute Gasteiger partial charge is 0.298 e. The largest absolute Gasteiger partial charge is 0.479 e. The van der Waals surface area contributed by atoms with Crippen LogP contribution in [-0.4, -0.2) is 33.7 Å². The third-order valence-corrected chi connectivity index (χ3v) is 4.10. The fraction of sp³-hybridized carbons (Fsp3) is 0.235. The molecule has 2 aromatic heterocycles. The summed E-state index contributed by atoms with van der Waals surface area (Å²) in [6.07, 6.45) is 4.04. The number of aromatic nitrogens is 4. The lowest BCUT2D eigenvalue weighted by Gasteiger charge is -2.23. The minimum atomic E-state index is 0.432. The SMILES string of the molecule is COc1nc(N2C=Cc3ccccc3C2)nc2c1nc(OC)n2C. The zero-order valence-electron chi connectivity index (χ0n) is 13.7. The highest BCUT2D eigenvalue weighted by Gasteiger charge is 2.21. The molecule has 7 heteroatoms. The number of methoxy groups -OCH3 is 2. The lowest BCUT2D eigenvalue weighted by Crippen LogP contribution is -2.21. The molecule has 0 spiro atoms. The van der Waals surface area contributed by atoms with Crippen molar-refractivity contribution in [2.45, 2.75) is 6.54 Å². The van der Waals surface area contributed by atoms with Crippen molar-refractivity contribution in [3.8, 4) is 11.9 Å². The number of rotatable bonds is 3. The summed E-state index contributed by atoms with van der Waals surface area (Å²) in [7, 11) is 5.01. The standard InChI is InChI=1S/C17H17N5O2/c1-21-14-13(18-17(21)24-3)15(23-2)20-16(19-14)22-9-8-11-6-4-5-7-12(11)10-22/h4-9H,10H2,1-3H3. The fourth-order valence-corrected chi connectivity index (χ4v) is 2.84. The van der Waals surface area contributed by atoms with E-state index in [2.05, 4.69) is 33.2 Å². The third kappa shape index (κ3) is 2.17. The Morgan fingerprint density at radius 2 is 1.88 bits per heavy atom. The first-order valence-electron chi connectivity index (χ1n) is 7.56. The van der Waals surface area contributed by atoms with Gasteiger partial charge in [-0.1, -0.05) is 24.3 Å². The van der Waals surface area contributed by atoms with Crippen molar-refractivity contribution in [2.24, 2.45) is 7.05 Å². The summed E-state index contributed by atoms with van der Waals surface area (Å²) in [5.74, 6) is 0.997. The summed E-state index contributed by atoms with van der Waals surface area (Å²) >= 11 is 0. The van der Waals surface area contributed by atoms with E-state index in [-0.39, 0.29) is 0 Å². The maximum atomic E-state index is 5.41. The fourth-order valence-electron chi connectivity index (χ4n) is 2.84. The first-order valence-corrected chi connectivity index (χ1v) is 7.56. The van der Waals surface area contributed by atoms with Crippen molar-refractivity contribution in [2.75, 3.05) is 19.1 Å². The van der Waals surface area contributed by atoms with Gasteiger partial charge in [0.15, 0.2) is 11.2 Å². The Labute approximate surface area is 139 Å². The Morgan fingerprint density at radius 3 is 2.67 bits per heavy atom. The van der Waals surface area contributed by atoms with Gasteiger partial charge in [0.25, 0.3) is 6.01 Å². The highest BCUT2D eigenvalue weighted by Crippen LogP contribution is 2.29. The predicted octanol–water partition coefficient (Wildman–Crippen LogP) is 2.37. The summed E-state index contributed by atoms with van der Waals surface area (Å²) in [5.41, 5.74) is 3.69. The lowest BCUT2D eigenvalue weighted by atomic mass is 10.0. The van der Waals surface area contributed by atoms with Crippen molar-refractivity contribution in [3.63, 3.8) is 0 Å². The number of ether oxygens (including phenoxy) is 2. The van der Waals surface area contributed by atoms with Gasteiger partial charge in [0.05, 0.1) is 20.8 Å². The predicted molar refractivity (Wildman–Crippen MR) is 91.1 cm³/mol. The van der Waals surface area contributed by atoms with E-state index in [0.717, 1.165) is 0 Å². The highest BCUT2D eigenvalue weighted by atomic mass is 16.5. The van der Waals surface area contributed by atoms with E-state index in [1.165, 1.54) is 11.1 Å². The minimum Gasteiger partial charge on any atom is -0.479 e. The maximum Gasteiger partial charge on any atom is 0.298 e. The third-order valence-electron chi connectivity index (χ3n) is 4.10. The van der Waals surface area contributed by atoms with E-state index in [1.807, 2.05) is 30.3 Å². The van der Waals surface area contributed by atoms with Crippen LogP contribution in [0.15, 0.2) is 30.5 Å². The van der Waals surface area contributed by atoms with Crippen molar-refractivity contribution in [1.82, 2.24) is 19.5 Å². The number of hydrogen-bond donors (Lipinski definition) is 0. The normalized spacial score (nSPS) is 13.2. The van der Waals surface area contributed by atoms with Gasteiger partial charge in [0.1, 0.15) is 0 Å². The Hall–Kier alpha value is -3.09. The summed E-state index contributed by atoms with van der Waals surface area (Å²) in [5, 5.41) is 0. The van der Waals surface area contributed by atoms with Gasteiger partial charge < -0.3 is 14.4 Å². The first-order chi connectivity index (χ1) is 11.7. The van der Waals surface area contributed by atoms with Gasteiger partial charge in [-0.3, -0.25) is 4.57 Å². The van der Waals surface area contributed by atoms with Crippen LogP contribution in [0, 0.1) is 0 Å². The van der Waals surface area contributed by atoms with E-state index in [0.29, 0.717) is 35.5 Å². The van der Waals surface area contributed by atoms with Crippen LogP contribution in [0.4, 0.5) is 5.95 Å². The number of imidazole rings is 1. The van der Waals surface area contributed by atoms with Crippen LogP contribution in [0.2, 0.25) is 0 Å². The number of benzene rings is 1. The van der Waals surface area contributed by atoms with E-state index >= 15 is 0 Å². The zero-order valence-corrected chi connectivity index (χ0v) is 13.7. The highest BCUT2D eigenvalue weighted by molar-refractivity contribution is 5.79. The van der Waals surface area contributed by atoms with Crippen molar-refractivity contribution < 1.29 is 9.47 Å². The Bertz CT molecular complexity index is 948. The van der Waals surface area contributed by atoms with E-state index < -0.39 is 0 Å². The molecule has 0 aliphatic carbocycles. The van der Waals surface area contributed by atoms with Gasteiger partial charge in [-0.25, -0.2) is 0 Å². The molecule has 1 aromatic carbocycles. The molecule has 7 nitrogen and oxygen atoms in total. The second kappa shape index (κ2) is 5.52. The molecule has 0 saturated carbocycles. The number of anilines is 1. The van der Waals surface area contributed by atoms with Crippen LogP contribution in [0.25, 0.3) is 17.2 Å². The number of nitrogens with zero attached hydrogens (tertiary/aromatic N) is 5. The molecule has 0 radical (unpaired) electrons. The van der Waals surface area contributed by atoms with E-state index in [9.17, 15) is 0 Å². The van der Waals surface area contributed by atoms with Crippen LogP contribution in [-0.2, 0) is 13.6 Å². The first kappa shape index (κ1) is 14.5. The monoisotopic (exact) mass is 323 g/mol. The number of fused-ring (bicyclic) bond motifs is 2. The molecule has 0 amide bonds. The number of hydrogen-bond acceptors (Lipinski definition) is 6. The Balaban J connectivity index is 1.82. The van der Waals surface area contributed by atoms with Gasteiger partial charge in [-0.15, -0.1) is 0 Å². The van der Waals surface area contributed by atoms with E-state index in [1.54, 1.807) is 18.8 Å². The van der Waals surface area contributed by atoms with Crippen molar-refractivity contribution in [3.05, 3.63) is 41.6 Å². The Morgan fingerprint density at radius 1 is 1.04 bits per heavy atom. The van der Waals surface area contributed by atoms with Gasteiger partial charge >= 0.3 is 0 Å². The molecule has 3 heterocycles. The molecule has 24 heavy (non-hydrogen) atoms. The second-order valence-corrected chi connectivity index (χ2v) is 5.51. The summed E-state index contributed by atoms with van der Waals surface area (Å²) in [6, 6.07) is 8.74. The van der Waals surface area contributed by atoms with Crippen LogP contribution in [0.1, 0.15) is 11.1 Å². The van der Waals surface area contributed by atoms with Gasteiger partial charge in [-0.2, -0.15) is 15.0 Å². The van der Waals surface area contributed by atoms with Crippen LogP contribution < -0.4 is 14.4 Å². The summed E-state index contributed by atoms with van der Waals surface area (Å²) in [6.45, 7) is 0.705. The van der Waals surface area contributed by atoms with Crippen LogP contribution in [0.3, 0.4) is 0 Å².